The van der Waals surface area contributed by atoms with Gasteiger partial charge in [-0.25, -0.2) is 0 Å². The van der Waals surface area contributed by atoms with Gasteiger partial charge in [-0.2, -0.15) is 0 Å². The molecule has 2 heterocycles. The number of benzene rings is 2. The number of amides is 2. The third-order valence-corrected chi connectivity index (χ3v) is 6.91. The van der Waals surface area contributed by atoms with Crippen LogP contribution in [0.1, 0.15) is 46.6 Å². The van der Waals surface area contributed by atoms with Gasteiger partial charge in [-0.15, -0.1) is 11.3 Å². The number of ketones is 1. The lowest BCUT2D eigenvalue weighted by molar-refractivity contribution is -0.153. The van der Waals surface area contributed by atoms with Crippen LogP contribution in [0.4, 0.5) is 11.4 Å². The van der Waals surface area contributed by atoms with Gasteiger partial charge in [-0.05, 0) is 68.1 Å². The van der Waals surface area contributed by atoms with Crippen molar-refractivity contribution in [3.05, 3.63) is 82.0 Å². The Morgan fingerprint density at radius 1 is 1.06 bits per heavy atom. The van der Waals surface area contributed by atoms with Gasteiger partial charge in [0.1, 0.15) is 0 Å². The lowest BCUT2D eigenvalue weighted by atomic mass is 9.87. The summed E-state index contributed by atoms with van der Waals surface area (Å²) in [5.74, 6) is -1.72. The van der Waals surface area contributed by atoms with Gasteiger partial charge in [0, 0.05) is 28.2 Å². The van der Waals surface area contributed by atoms with Crippen LogP contribution in [-0.2, 0) is 19.1 Å². The first-order valence-electron chi connectivity index (χ1n) is 11.3. The first-order chi connectivity index (χ1) is 16.8. The van der Waals surface area contributed by atoms with Crippen LogP contribution in [0.2, 0.25) is 0 Å². The number of nitrogens with one attached hydrogen (secondary N) is 1. The number of piperidine rings is 1. The van der Waals surface area contributed by atoms with Gasteiger partial charge < -0.3 is 15.0 Å². The highest BCUT2D eigenvalue weighted by Crippen LogP contribution is 2.42. The van der Waals surface area contributed by atoms with Crippen molar-refractivity contribution in [1.29, 1.82) is 0 Å². The van der Waals surface area contributed by atoms with Gasteiger partial charge >= 0.3 is 5.97 Å². The minimum absolute atomic E-state index is 0.0527. The number of nitrogens with zero attached hydrogens (tertiary/aromatic N) is 1. The number of rotatable bonds is 7. The number of ether oxygens (including phenoxy) is 1. The van der Waals surface area contributed by atoms with E-state index < -0.39 is 30.4 Å². The van der Waals surface area contributed by atoms with E-state index in [1.54, 1.807) is 29.2 Å². The molecule has 0 aliphatic carbocycles. The van der Waals surface area contributed by atoms with E-state index in [4.69, 9.17) is 4.74 Å². The number of esters is 1. The molecule has 0 bridgehead atoms. The molecule has 1 aliphatic heterocycles. The fourth-order valence-electron chi connectivity index (χ4n) is 4.16. The van der Waals surface area contributed by atoms with Gasteiger partial charge in [-0.3, -0.25) is 19.2 Å². The molecular formula is C27H26N2O5S. The van der Waals surface area contributed by atoms with Crippen LogP contribution in [0.25, 0.3) is 0 Å². The molecule has 4 rings (SSSR count). The van der Waals surface area contributed by atoms with Gasteiger partial charge in [0.05, 0.1) is 12.0 Å². The van der Waals surface area contributed by atoms with Gasteiger partial charge in [-0.1, -0.05) is 23.8 Å². The number of hydrogen-bond donors (Lipinski definition) is 1. The van der Waals surface area contributed by atoms with Crippen molar-refractivity contribution >= 4 is 46.3 Å². The molecule has 1 fully saturated rings. The molecule has 35 heavy (non-hydrogen) atoms. The van der Waals surface area contributed by atoms with Gasteiger partial charge in [0.2, 0.25) is 5.91 Å². The molecule has 1 aliphatic rings. The van der Waals surface area contributed by atoms with Crippen LogP contribution < -0.4 is 10.2 Å². The lowest BCUT2D eigenvalue weighted by Crippen LogP contribution is -2.46. The van der Waals surface area contributed by atoms with E-state index in [2.05, 4.69) is 5.32 Å². The maximum absolute atomic E-state index is 13.1. The molecule has 0 saturated carbocycles. The topological polar surface area (TPSA) is 92.8 Å². The zero-order valence-corrected chi connectivity index (χ0v) is 20.3. The summed E-state index contributed by atoms with van der Waals surface area (Å²) in [5, 5.41) is 4.57. The summed E-state index contributed by atoms with van der Waals surface area (Å²) in [6, 6.07) is 17.4. The summed E-state index contributed by atoms with van der Waals surface area (Å²) in [6.07, 6.45) is 0.556. The van der Waals surface area contributed by atoms with E-state index in [1.807, 2.05) is 48.7 Å². The Hall–Kier alpha value is -3.78. The Kier molecular flexibility index (Phi) is 7.41. The number of carbonyl (C=O) groups is 4. The first-order valence-corrected chi connectivity index (χ1v) is 12.2. The van der Waals surface area contributed by atoms with E-state index in [9.17, 15) is 19.2 Å². The van der Waals surface area contributed by atoms with Gasteiger partial charge in [0.15, 0.2) is 12.4 Å². The van der Waals surface area contributed by atoms with Crippen LogP contribution in [0.15, 0.2) is 66.0 Å². The van der Waals surface area contributed by atoms with Crippen LogP contribution in [0, 0.1) is 12.8 Å². The van der Waals surface area contributed by atoms with E-state index in [0.29, 0.717) is 17.7 Å². The van der Waals surface area contributed by atoms with Crippen molar-refractivity contribution in [2.45, 2.75) is 32.7 Å². The zero-order chi connectivity index (χ0) is 24.9. The molecule has 2 aromatic carbocycles. The second kappa shape index (κ2) is 10.7. The van der Waals surface area contributed by atoms with Gasteiger partial charge in [0.25, 0.3) is 5.91 Å². The van der Waals surface area contributed by atoms with E-state index >= 15 is 0 Å². The van der Waals surface area contributed by atoms with E-state index in [-0.39, 0.29) is 18.1 Å². The normalized spacial score (nSPS) is 17.7. The van der Waals surface area contributed by atoms with Crippen LogP contribution in [-0.4, -0.2) is 30.2 Å². The second-order valence-electron chi connectivity index (χ2n) is 8.49. The summed E-state index contributed by atoms with van der Waals surface area (Å²) in [5.41, 5.74) is 2.84. The third kappa shape index (κ3) is 5.66. The van der Waals surface area contributed by atoms with Crippen molar-refractivity contribution in [3.8, 4) is 0 Å². The molecule has 2 amide bonds. The van der Waals surface area contributed by atoms with Crippen molar-refractivity contribution in [1.82, 2.24) is 0 Å². The maximum Gasteiger partial charge on any atom is 0.311 e. The average molecular weight is 491 g/mol. The van der Waals surface area contributed by atoms with Crippen LogP contribution in [0.3, 0.4) is 0 Å². The molecule has 1 N–H and O–H groups in total. The Morgan fingerprint density at radius 3 is 2.40 bits per heavy atom. The minimum atomic E-state index is -0.602. The zero-order valence-electron chi connectivity index (χ0n) is 19.5. The van der Waals surface area contributed by atoms with Crippen molar-refractivity contribution in [3.63, 3.8) is 0 Å². The highest BCUT2D eigenvalue weighted by molar-refractivity contribution is 7.10. The summed E-state index contributed by atoms with van der Waals surface area (Å²) in [7, 11) is 0. The fourth-order valence-corrected chi connectivity index (χ4v) is 5.04. The highest BCUT2D eigenvalue weighted by atomic mass is 32.1. The molecule has 1 aromatic heterocycles. The van der Waals surface area contributed by atoms with Crippen LogP contribution >= 0.6 is 11.3 Å². The number of carbonyl (C=O) groups excluding carboxylic acids is 4. The predicted octanol–water partition coefficient (Wildman–Crippen LogP) is 4.93. The number of thiophene rings is 1. The lowest BCUT2D eigenvalue weighted by Gasteiger charge is -2.39. The largest absolute Gasteiger partial charge is 0.455 e. The molecular weight excluding hydrogens is 464 g/mol. The number of hydrogen-bond acceptors (Lipinski definition) is 6. The van der Waals surface area contributed by atoms with E-state index in [0.717, 1.165) is 16.1 Å². The Balaban J connectivity index is 1.47. The average Bonchev–Trinajstić information content (AvgIpc) is 3.38. The first kappa shape index (κ1) is 24.3. The fraction of sp³-hybridized carbons (Fsp3) is 0.259. The molecule has 3 aromatic rings. The molecule has 180 valence electrons. The standard InChI is InChI=1S/C27H26N2O5S/c1-17-5-11-21(12-6-17)29-25(32)14-13-22(26(29)23-4-3-15-35-23)27(33)34-16-24(31)28-20-9-7-19(8-10-20)18(2)30/h3-12,15,22,26H,13-14,16H2,1-2H3,(H,28,31). The Bertz CT molecular complexity index is 1220. The van der Waals surface area contributed by atoms with E-state index in [1.165, 1.54) is 18.3 Å². The van der Waals surface area contributed by atoms with Crippen molar-refractivity contribution < 1.29 is 23.9 Å². The number of anilines is 2. The molecule has 2 atom stereocenters. The molecule has 2 unspecified atom stereocenters. The predicted molar refractivity (Wildman–Crippen MR) is 134 cm³/mol. The minimum Gasteiger partial charge on any atom is -0.455 e. The molecule has 8 heteroatoms. The molecule has 1 saturated heterocycles. The summed E-state index contributed by atoms with van der Waals surface area (Å²) in [6.45, 7) is 3.00. The highest BCUT2D eigenvalue weighted by Gasteiger charge is 2.43. The third-order valence-electron chi connectivity index (χ3n) is 5.97. The Labute approximate surface area is 207 Å². The molecule has 0 spiro atoms. The maximum atomic E-state index is 13.1. The smallest absolute Gasteiger partial charge is 0.311 e. The monoisotopic (exact) mass is 490 g/mol. The summed E-state index contributed by atoms with van der Waals surface area (Å²) < 4.78 is 5.41. The van der Waals surface area contributed by atoms with Crippen molar-refractivity contribution in [2.24, 2.45) is 5.92 Å². The Morgan fingerprint density at radius 2 is 1.77 bits per heavy atom. The molecule has 0 radical (unpaired) electrons. The SMILES string of the molecule is CC(=O)c1ccc(NC(=O)COC(=O)C2CCC(=O)N(c3ccc(C)cc3)C2c2cccs2)cc1. The van der Waals surface area contributed by atoms with Crippen LogP contribution in [0.5, 0.6) is 0 Å². The second-order valence-corrected chi connectivity index (χ2v) is 9.47. The summed E-state index contributed by atoms with van der Waals surface area (Å²) in [4.78, 5) is 52.5. The number of Topliss-reactive ketones (excluding diaryl/α,β-unsaturated/α-hetero) is 1. The number of aryl methyl sites for hydroxylation is 1. The quantitative estimate of drug-likeness (QED) is 0.375. The van der Waals surface area contributed by atoms with Crippen molar-refractivity contribution in [2.75, 3.05) is 16.8 Å². The summed E-state index contributed by atoms with van der Waals surface area (Å²) >= 11 is 1.48. The molecule has 7 nitrogen and oxygen atoms in total.